The van der Waals surface area contributed by atoms with Crippen molar-refractivity contribution in [2.45, 2.75) is 68.5 Å². The van der Waals surface area contributed by atoms with Crippen molar-refractivity contribution in [1.29, 1.82) is 0 Å². The number of likely N-dealkylation sites (tertiary alicyclic amines) is 1. The summed E-state index contributed by atoms with van der Waals surface area (Å²) in [4.78, 5) is 15.7. The van der Waals surface area contributed by atoms with E-state index in [9.17, 15) is 13.2 Å². The molecule has 2 heterocycles. The van der Waals surface area contributed by atoms with Crippen molar-refractivity contribution in [1.82, 2.24) is 14.9 Å². The van der Waals surface area contributed by atoms with E-state index in [-0.39, 0.29) is 17.0 Å². The van der Waals surface area contributed by atoms with Gasteiger partial charge in [0.1, 0.15) is 17.6 Å². The molecule has 0 aromatic heterocycles. The largest absolute Gasteiger partial charge is 0.494 e. The zero-order valence-corrected chi connectivity index (χ0v) is 23.8. The van der Waals surface area contributed by atoms with Crippen LogP contribution in [0.2, 0.25) is 10.0 Å². The highest BCUT2D eigenvalue weighted by Crippen LogP contribution is 2.31. The molecule has 2 saturated heterocycles. The quantitative estimate of drug-likeness (QED) is 0.393. The summed E-state index contributed by atoms with van der Waals surface area (Å²) in [5, 5.41) is 4.17. The average Bonchev–Trinajstić information content (AvgIpc) is 2.91. The summed E-state index contributed by atoms with van der Waals surface area (Å²) < 4.78 is 40.3. The molecular weight excluding hydrogens is 549 g/mol. The first-order valence-corrected chi connectivity index (χ1v) is 15.4. The number of nitrogens with zero attached hydrogens (tertiary/aromatic N) is 1. The molecule has 4 rings (SSSR count). The number of hydrogen-bond donors (Lipinski definition) is 2. The van der Waals surface area contributed by atoms with Crippen LogP contribution >= 0.6 is 23.2 Å². The van der Waals surface area contributed by atoms with Crippen molar-refractivity contribution >= 4 is 39.1 Å². The first kappa shape index (κ1) is 29.0. The van der Waals surface area contributed by atoms with Crippen LogP contribution < -0.4 is 19.5 Å². The summed E-state index contributed by atoms with van der Waals surface area (Å²) in [6.07, 6.45) is 4.51. The van der Waals surface area contributed by atoms with Crippen LogP contribution in [0.5, 0.6) is 11.5 Å². The van der Waals surface area contributed by atoms with Crippen molar-refractivity contribution in [3.8, 4) is 11.5 Å². The SMILES string of the molecule is CCCCOc1ccc(S(=O)(=O)NC(=O)C2CC(Oc3ccc(Cl)c(Cl)c3)CCN2C2CCNCC2)cc1. The lowest BCUT2D eigenvalue weighted by Crippen LogP contribution is -2.58. The van der Waals surface area contributed by atoms with E-state index in [1.165, 1.54) is 12.1 Å². The fourth-order valence-corrected chi connectivity index (χ4v) is 6.24. The van der Waals surface area contributed by atoms with Gasteiger partial charge in [0, 0.05) is 25.1 Å². The van der Waals surface area contributed by atoms with E-state index in [1.807, 2.05) is 0 Å². The molecule has 0 radical (unpaired) electrons. The minimum atomic E-state index is -4.06. The number of carbonyl (C=O) groups is 1. The molecule has 0 bridgehead atoms. The predicted molar refractivity (Wildman–Crippen MR) is 149 cm³/mol. The van der Waals surface area contributed by atoms with Gasteiger partial charge >= 0.3 is 0 Å². The molecule has 2 N–H and O–H groups in total. The van der Waals surface area contributed by atoms with Crippen molar-refractivity contribution in [3.05, 3.63) is 52.5 Å². The average molecular weight is 585 g/mol. The highest BCUT2D eigenvalue weighted by molar-refractivity contribution is 7.90. The lowest BCUT2D eigenvalue weighted by molar-refractivity contribution is -0.129. The topological polar surface area (TPSA) is 97.0 Å². The monoisotopic (exact) mass is 583 g/mol. The minimum Gasteiger partial charge on any atom is -0.494 e. The summed E-state index contributed by atoms with van der Waals surface area (Å²) in [5.74, 6) is 0.609. The molecule has 2 unspecified atom stereocenters. The van der Waals surface area contributed by atoms with Crippen molar-refractivity contribution < 1.29 is 22.7 Å². The molecule has 0 saturated carbocycles. The number of piperidine rings is 2. The van der Waals surface area contributed by atoms with Gasteiger partial charge in [-0.1, -0.05) is 36.5 Å². The number of amides is 1. The van der Waals surface area contributed by atoms with Gasteiger partial charge in [0.15, 0.2) is 0 Å². The maximum Gasteiger partial charge on any atom is 0.264 e. The minimum absolute atomic E-state index is 0.0153. The number of nitrogens with one attached hydrogen (secondary N) is 2. The first-order chi connectivity index (χ1) is 18.3. The van der Waals surface area contributed by atoms with E-state index in [2.05, 4.69) is 21.9 Å². The van der Waals surface area contributed by atoms with Crippen molar-refractivity contribution in [2.75, 3.05) is 26.2 Å². The Hall–Kier alpha value is -2.04. The molecule has 8 nitrogen and oxygen atoms in total. The molecule has 2 atom stereocenters. The second-order valence-corrected chi connectivity index (χ2v) is 12.2. The lowest BCUT2D eigenvalue weighted by Gasteiger charge is -2.44. The van der Waals surface area contributed by atoms with Crippen LogP contribution in [0, 0.1) is 0 Å². The smallest absolute Gasteiger partial charge is 0.264 e. The Morgan fingerprint density at radius 2 is 1.76 bits per heavy atom. The molecule has 11 heteroatoms. The Labute approximate surface area is 235 Å². The van der Waals surface area contributed by atoms with Gasteiger partial charge in [-0.25, -0.2) is 13.1 Å². The third-order valence-electron chi connectivity index (χ3n) is 7.01. The van der Waals surface area contributed by atoms with Gasteiger partial charge in [0.05, 0.1) is 27.6 Å². The lowest BCUT2D eigenvalue weighted by atomic mass is 9.93. The third kappa shape index (κ3) is 7.54. The normalized spacial score (nSPS) is 21.1. The fraction of sp³-hybridized carbons (Fsp3) is 0.519. The third-order valence-corrected chi connectivity index (χ3v) is 9.11. The zero-order valence-electron chi connectivity index (χ0n) is 21.5. The Balaban J connectivity index is 1.47. The number of halogens is 2. The predicted octanol–water partition coefficient (Wildman–Crippen LogP) is 4.64. The van der Waals surface area contributed by atoms with Gasteiger partial charge < -0.3 is 14.8 Å². The number of ether oxygens (including phenoxy) is 2. The number of hydrogen-bond acceptors (Lipinski definition) is 7. The number of rotatable bonds is 10. The fourth-order valence-electron chi connectivity index (χ4n) is 4.94. The van der Waals surface area contributed by atoms with Gasteiger partial charge in [0.2, 0.25) is 0 Å². The summed E-state index contributed by atoms with van der Waals surface area (Å²) in [6, 6.07) is 10.7. The summed E-state index contributed by atoms with van der Waals surface area (Å²) in [5.41, 5.74) is 0. The zero-order chi connectivity index (χ0) is 27.1. The molecule has 2 aliphatic rings. The molecule has 2 fully saturated rings. The second kappa shape index (κ2) is 13.3. The molecule has 38 heavy (non-hydrogen) atoms. The van der Waals surface area contributed by atoms with E-state index >= 15 is 0 Å². The van der Waals surface area contributed by atoms with Gasteiger partial charge in [-0.3, -0.25) is 9.69 Å². The molecule has 0 spiro atoms. The van der Waals surface area contributed by atoms with E-state index in [1.54, 1.807) is 30.3 Å². The maximum absolute atomic E-state index is 13.5. The van der Waals surface area contributed by atoms with E-state index in [0.717, 1.165) is 38.8 Å². The molecule has 0 aliphatic carbocycles. The maximum atomic E-state index is 13.5. The van der Waals surface area contributed by atoms with Crippen molar-refractivity contribution in [2.24, 2.45) is 0 Å². The number of sulfonamides is 1. The summed E-state index contributed by atoms with van der Waals surface area (Å²) >= 11 is 12.2. The Morgan fingerprint density at radius 3 is 2.45 bits per heavy atom. The summed E-state index contributed by atoms with van der Waals surface area (Å²) in [7, 11) is -4.06. The molecule has 1 amide bonds. The summed E-state index contributed by atoms with van der Waals surface area (Å²) in [6.45, 7) is 4.99. The Morgan fingerprint density at radius 1 is 1.05 bits per heavy atom. The van der Waals surface area contributed by atoms with Crippen LogP contribution in [-0.4, -0.2) is 63.7 Å². The van der Waals surface area contributed by atoms with E-state index in [0.29, 0.717) is 47.5 Å². The van der Waals surface area contributed by atoms with Crippen LogP contribution in [0.3, 0.4) is 0 Å². The molecule has 2 aromatic carbocycles. The van der Waals surface area contributed by atoms with Crippen LogP contribution in [0.15, 0.2) is 47.4 Å². The van der Waals surface area contributed by atoms with Crippen LogP contribution in [-0.2, 0) is 14.8 Å². The molecular formula is C27H35Cl2N3O5S. The first-order valence-electron chi connectivity index (χ1n) is 13.1. The number of unbranched alkanes of at least 4 members (excludes halogenated alkanes) is 1. The van der Waals surface area contributed by atoms with Crippen molar-refractivity contribution in [3.63, 3.8) is 0 Å². The second-order valence-electron chi connectivity index (χ2n) is 9.72. The van der Waals surface area contributed by atoms with Gasteiger partial charge in [0.25, 0.3) is 15.9 Å². The van der Waals surface area contributed by atoms with Gasteiger partial charge in [-0.05, 0) is 75.2 Å². The molecule has 2 aliphatic heterocycles. The molecule has 208 valence electrons. The van der Waals surface area contributed by atoms with E-state index < -0.39 is 22.0 Å². The van der Waals surface area contributed by atoms with Crippen LogP contribution in [0.1, 0.15) is 45.4 Å². The molecule has 2 aromatic rings. The Bertz CT molecular complexity index is 1190. The highest BCUT2D eigenvalue weighted by Gasteiger charge is 2.39. The van der Waals surface area contributed by atoms with Crippen LogP contribution in [0.25, 0.3) is 0 Å². The number of benzene rings is 2. The van der Waals surface area contributed by atoms with Gasteiger partial charge in [-0.2, -0.15) is 0 Å². The van der Waals surface area contributed by atoms with E-state index in [4.69, 9.17) is 32.7 Å². The highest BCUT2D eigenvalue weighted by atomic mass is 35.5. The number of carbonyl (C=O) groups excluding carboxylic acids is 1. The van der Waals surface area contributed by atoms with Crippen LogP contribution in [0.4, 0.5) is 0 Å². The standard InChI is InChI=1S/C27H35Cl2N3O5S/c1-2-3-16-36-20-4-7-23(8-5-20)38(34,35)31-27(33)26-18-22(37-21-6-9-24(28)25(29)17-21)12-15-32(26)19-10-13-30-14-11-19/h4-9,17,19,22,26,30H,2-3,10-16,18H2,1H3,(H,31,33). The Kier molecular flexibility index (Phi) is 10.2. The van der Waals surface area contributed by atoms with Gasteiger partial charge in [-0.15, -0.1) is 0 Å².